The van der Waals surface area contributed by atoms with Crippen LogP contribution in [0.15, 0.2) is 22.7 Å². The van der Waals surface area contributed by atoms with Gasteiger partial charge in [-0.3, -0.25) is 4.90 Å². The molecule has 1 atom stereocenters. The first kappa shape index (κ1) is 12.9. The Kier molecular flexibility index (Phi) is 4.42. The van der Waals surface area contributed by atoms with E-state index >= 15 is 0 Å². The topological polar surface area (TPSA) is 27.3 Å². The highest BCUT2D eigenvalue weighted by Gasteiger charge is 2.17. The van der Waals surface area contributed by atoms with Crippen molar-refractivity contribution in [1.82, 2.24) is 10.2 Å². The molecule has 1 aliphatic rings. The molecule has 0 amide bonds. The maximum absolute atomic E-state index is 3.54. The number of likely N-dealkylation sites (N-methyl/N-ethyl adjacent to an activating group) is 1. The van der Waals surface area contributed by atoms with Gasteiger partial charge in [0.15, 0.2) is 0 Å². The third-order valence-electron chi connectivity index (χ3n) is 3.36. The highest BCUT2D eigenvalue weighted by atomic mass is 79.9. The fourth-order valence-electron chi connectivity index (χ4n) is 2.14. The number of aryl methyl sites for hydroxylation is 1. The summed E-state index contributed by atoms with van der Waals surface area (Å²) in [7, 11) is 2.20. The largest absolute Gasteiger partial charge is 0.383 e. The molecule has 0 aliphatic carbocycles. The van der Waals surface area contributed by atoms with Crippen molar-refractivity contribution in [2.45, 2.75) is 13.0 Å². The zero-order valence-electron chi connectivity index (χ0n) is 10.5. The monoisotopic (exact) mass is 297 g/mol. The van der Waals surface area contributed by atoms with Crippen LogP contribution < -0.4 is 10.6 Å². The number of benzene rings is 1. The lowest BCUT2D eigenvalue weighted by atomic mass is 10.1. The number of piperazine rings is 1. The number of nitrogens with zero attached hydrogens (tertiary/aromatic N) is 1. The van der Waals surface area contributed by atoms with Gasteiger partial charge in [-0.25, -0.2) is 0 Å². The van der Waals surface area contributed by atoms with Gasteiger partial charge in [-0.2, -0.15) is 0 Å². The summed E-state index contributed by atoms with van der Waals surface area (Å²) >= 11 is 3.49. The first-order chi connectivity index (χ1) is 8.16. The van der Waals surface area contributed by atoms with Gasteiger partial charge >= 0.3 is 0 Å². The Morgan fingerprint density at radius 3 is 3.06 bits per heavy atom. The average Bonchev–Trinajstić information content (AvgIpc) is 2.30. The van der Waals surface area contributed by atoms with Crippen LogP contribution in [0.25, 0.3) is 0 Å². The van der Waals surface area contributed by atoms with Crippen LogP contribution in [0.5, 0.6) is 0 Å². The van der Waals surface area contributed by atoms with Crippen LogP contribution in [0.1, 0.15) is 5.56 Å². The predicted octanol–water partition coefficient (Wildman–Crippen LogP) is 2.07. The smallest absolute Gasteiger partial charge is 0.0390 e. The molecule has 2 N–H and O–H groups in total. The van der Waals surface area contributed by atoms with E-state index in [1.165, 1.54) is 11.3 Å². The second-order valence-electron chi connectivity index (χ2n) is 4.68. The normalized spacial score (nSPS) is 21.5. The van der Waals surface area contributed by atoms with Crippen LogP contribution in [-0.4, -0.2) is 44.2 Å². The van der Waals surface area contributed by atoms with Crippen LogP contribution in [-0.2, 0) is 0 Å². The summed E-state index contributed by atoms with van der Waals surface area (Å²) in [6.07, 6.45) is 0. The molecule has 94 valence electrons. The van der Waals surface area contributed by atoms with E-state index in [4.69, 9.17) is 0 Å². The Morgan fingerprint density at radius 2 is 2.35 bits per heavy atom. The lowest BCUT2D eigenvalue weighted by molar-refractivity contribution is 0.209. The molecule has 1 aliphatic heterocycles. The van der Waals surface area contributed by atoms with Crippen LogP contribution in [0.2, 0.25) is 0 Å². The first-order valence-corrected chi connectivity index (χ1v) is 6.87. The molecule has 1 saturated heterocycles. The molecule has 1 heterocycles. The van der Waals surface area contributed by atoms with Gasteiger partial charge in [0.1, 0.15) is 0 Å². The van der Waals surface area contributed by atoms with Gasteiger partial charge in [-0.15, -0.1) is 0 Å². The molecule has 17 heavy (non-hydrogen) atoms. The van der Waals surface area contributed by atoms with Crippen molar-refractivity contribution in [2.24, 2.45) is 0 Å². The van der Waals surface area contributed by atoms with Crippen molar-refractivity contribution in [3.8, 4) is 0 Å². The maximum atomic E-state index is 3.54. The van der Waals surface area contributed by atoms with Crippen LogP contribution in [0.3, 0.4) is 0 Å². The van der Waals surface area contributed by atoms with Crippen LogP contribution in [0, 0.1) is 6.92 Å². The average molecular weight is 298 g/mol. The summed E-state index contributed by atoms with van der Waals surface area (Å²) in [5.74, 6) is 0. The Bertz CT molecular complexity index is 381. The Labute approximate surface area is 112 Å². The number of halogens is 1. The minimum absolute atomic E-state index is 0.576. The minimum atomic E-state index is 0.576. The van der Waals surface area contributed by atoms with E-state index in [9.17, 15) is 0 Å². The van der Waals surface area contributed by atoms with E-state index in [0.717, 1.165) is 30.7 Å². The fraction of sp³-hybridized carbons (Fsp3) is 0.538. The molecule has 1 aromatic rings. The third kappa shape index (κ3) is 3.44. The van der Waals surface area contributed by atoms with Crippen LogP contribution >= 0.6 is 15.9 Å². The van der Waals surface area contributed by atoms with Gasteiger partial charge in [0.25, 0.3) is 0 Å². The number of hydrogen-bond acceptors (Lipinski definition) is 3. The molecule has 1 fully saturated rings. The van der Waals surface area contributed by atoms with E-state index < -0.39 is 0 Å². The zero-order valence-corrected chi connectivity index (χ0v) is 12.0. The summed E-state index contributed by atoms with van der Waals surface area (Å²) < 4.78 is 1.14. The van der Waals surface area contributed by atoms with Crippen molar-refractivity contribution in [3.63, 3.8) is 0 Å². The van der Waals surface area contributed by atoms with Crippen molar-refractivity contribution < 1.29 is 0 Å². The third-order valence-corrected chi connectivity index (χ3v) is 3.85. The Hall–Kier alpha value is -0.580. The lowest BCUT2D eigenvalue weighted by Crippen LogP contribution is -2.52. The van der Waals surface area contributed by atoms with Crippen LogP contribution in [0.4, 0.5) is 5.69 Å². The highest BCUT2D eigenvalue weighted by Crippen LogP contribution is 2.20. The summed E-state index contributed by atoms with van der Waals surface area (Å²) in [6, 6.07) is 6.94. The zero-order chi connectivity index (χ0) is 12.3. The molecule has 1 aromatic carbocycles. The van der Waals surface area contributed by atoms with E-state index in [2.05, 4.69) is 63.6 Å². The van der Waals surface area contributed by atoms with E-state index in [1.807, 2.05) is 0 Å². The summed E-state index contributed by atoms with van der Waals surface area (Å²) in [4.78, 5) is 2.41. The summed E-state index contributed by atoms with van der Waals surface area (Å²) in [5.41, 5.74) is 2.51. The van der Waals surface area contributed by atoms with Crippen molar-refractivity contribution in [2.75, 3.05) is 38.5 Å². The summed E-state index contributed by atoms with van der Waals surface area (Å²) in [6.45, 7) is 6.43. The molecule has 4 heteroatoms. The molecule has 2 rings (SSSR count). The highest BCUT2D eigenvalue weighted by molar-refractivity contribution is 9.10. The molecule has 0 radical (unpaired) electrons. The van der Waals surface area contributed by atoms with Crippen molar-refractivity contribution in [3.05, 3.63) is 28.2 Å². The second kappa shape index (κ2) is 5.85. The molecule has 1 unspecified atom stereocenters. The molecular formula is C13H20BrN3. The first-order valence-electron chi connectivity index (χ1n) is 6.08. The quantitative estimate of drug-likeness (QED) is 0.894. The fourth-order valence-corrected chi connectivity index (χ4v) is 2.62. The minimum Gasteiger partial charge on any atom is -0.383 e. The van der Waals surface area contributed by atoms with Gasteiger partial charge < -0.3 is 10.6 Å². The van der Waals surface area contributed by atoms with E-state index in [1.54, 1.807) is 0 Å². The standard InChI is InChI=1S/C13H20BrN3/c1-10-7-11(14)3-4-13(10)16-9-12-8-15-5-6-17(12)2/h3-4,7,12,15-16H,5-6,8-9H2,1-2H3. The second-order valence-corrected chi connectivity index (χ2v) is 5.59. The number of anilines is 1. The van der Waals surface area contributed by atoms with Crippen molar-refractivity contribution in [1.29, 1.82) is 0 Å². The number of rotatable bonds is 3. The SMILES string of the molecule is Cc1cc(Br)ccc1NCC1CNCCN1C. The van der Waals surface area contributed by atoms with Gasteiger partial charge in [0.2, 0.25) is 0 Å². The molecule has 0 saturated carbocycles. The van der Waals surface area contributed by atoms with E-state index in [0.29, 0.717) is 6.04 Å². The predicted molar refractivity (Wildman–Crippen MR) is 76.7 cm³/mol. The van der Waals surface area contributed by atoms with Crippen molar-refractivity contribution >= 4 is 21.6 Å². The Morgan fingerprint density at radius 1 is 1.53 bits per heavy atom. The molecule has 0 aromatic heterocycles. The molecule has 0 bridgehead atoms. The van der Waals surface area contributed by atoms with Gasteiger partial charge in [0.05, 0.1) is 0 Å². The molecule has 3 nitrogen and oxygen atoms in total. The molecular weight excluding hydrogens is 278 g/mol. The maximum Gasteiger partial charge on any atom is 0.0390 e. The Balaban J connectivity index is 1.92. The van der Waals surface area contributed by atoms with Gasteiger partial charge in [0, 0.05) is 42.4 Å². The van der Waals surface area contributed by atoms with E-state index in [-0.39, 0.29) is 0 Å². The van der Waals surface area contributed by atoms with Gasteiger partial charge in [-0.1, -0.05) is 15.9 Å². The van der Waals surface area contributed by atoms with Gasteiger partial charge in [-0.05, 0) is 37.7 Å². The molecule has 0 spiro atoms. The summed E-state index contributed by atoms with van der Waals surface area (Å²) in [5, 5.41) is 6.97. The lowest BCUT2D eigenvalue weighted by Gasteiger charge is -2.33. The number of nitrogens with one attached hydrogen (secondary N) is 2. The number of hydrogen-bond donors (Lipinski definition) is 2.